The van der Waals surface area contributed by atoms with Gasteiger partial charge in [0.15, 0.2) is 0 Å². The number of nitrogens with one attached hydrogen (secondary N) is 3. The molecule has 0 aliphatic rings. The highest BCUT2D eigenvalue weighted by molar-refractivity contribution is 5.82. The molecule has 3 N–H and O–H groups in total. The SMILES string of the molecule is CCc1cc(CC)cc(N(c2ccc3ncc(/C(=C/NC)CNC)nc3c2)C(CNC(C)C)C(C)C)c1. The molecule has 0 aliphatic heterocycles. The number of hydrogen-bond donors (Lipinski definition) is 3. The monoisotopic (exact) mass is 502 g/mol. The molecule has 6 nitrogen and oxygen atoms in total. The summed E-state index contributed by atoms with van der Waals surface area (Å²) in [6.07, 6.45) is 5.88. The van der Waals surface area contributed by atoms with E-state index in [1.54, 1.807) is 0 Å². The van der Waals surface area contributed by atoms with Crippen molar-refractivity contribution in [3.05, 3.63) is 65.6 Å². The molecule has 37 heavy (non-hydrogen) atoms. The number of aryl methyl sites for hydroxylation is 2. The van der Waals surface area contributed by atoms with Gasteiger partial charge in [-0.15, -0.1) is 0 Å². The Morgan fingerprint density at radius 3 is 2.19 bits per heavy atom. The van der Waals surface area contributed by atoms with Crippen LogP contribution in [0.3, 0.4) is 0 Å². The predicted molar refractivity (Wildman–Crippen MR) is 160 cm³/mol. The average molecular weight is 503 g/mol. The molecule has 0 spiro atoms. The van der Waals surface area contributed by atoms with Crippen LogP contribution in [0.25, 0.3) is 16.6 Å². The number of fused-ring (bicyclic) bond motifs is 1. The Morgan fingerprint density at radius 2 is 1.62 bits per heavy atom. The molecule has 6 heteroatoms. The Morgan fingerprint density at radius 1 is 0.919 bits per heavy atom. The summed E-state index contributed by atoms with van der Waals surface area (Å²) < 4.78 is 0. The van der Waals surface area contributed by atoms with Gasteiger partial charge in [-0.25, -0.2) is 4.98 Å². The van der Waals surface area contributed by atoms with Gasteiger partial charge >= 0.3 is 0 Å². The molecule has 3 aromatic rings. The molecule has 0 saturated carbocycles. The summed E-state index contributed by atoms with van der Waals surface area (Å²) in [5.74, 6) is 0.440. The Hall–Kier alpha value is -2.96. The maximum atomic E-state index is 5.04. The van der Waals surface area contributed by atoms with Gasteiger partial charge in [-0.3, -0.25) is 4.98 Å². The van der Waals surface area contributed by atoms with Crippen LogP contribution in [0.1, 0.15) is 58.4 Å². The minimum Gasteiger partial charge on any atom is -0.394 e. The lowest BCUT2D eigenvalue weighted by molar-refractivity contribution is 0.433. The summed E-state index contributed by atoms with van der Waals surface area (Å²) >= 11 is 0. The second-order valence-corrected chi connectivity index (χ2v) is 10.4. The second kappa shape index (κ2) is 13.5. The molecule has 200 valence electrons. The van der Waals surface area contributed by atoms with Crippen molar-refractivity contribution >= 4 is 28.0 Å². The minimum atomic E-state index is 0.275. The third-order valence-corrected chi connectivity index (χ3v) is 6.79. The molecule has 3 rings (SSSR count). The summed E-state index contributed by atoms with van der Waals surface area (Å²) in [5.41, 5.74) is 8.89. The van der Waals surface area contributed by atoms with Crippen LogP contribution in [-0.4, -0.2) is 49.2 Å². The fourth-order valence-corrected chi connectivity index (χ4v) is 4.69. The van der Waals surface area contributed by atoms with Crippen LogP contribution < -0.4 is 20.9 Å². The quantitative estimate of drug-likeness (QED) is 0.279. The van der Waals surface area contributed by atoms with Crippen molar-refractivity contribution in [2.75, 3.05) is 32.1 Å². The lowest BCUT2D eigenvalue weighted by Gasteiger charge is -2.37. The van der Waals surface area contributed by atoms with Gasteiger partial charge in [-0.2, -0.15) is 0 Å². The first-order valence-corrected chi connectivity index (χ1v) is 13.7. The van der Waals surface area contributed by atoms with Crippen molar-refractivity contribution in [3.63, 3.8) is 0 Å². The van der Waals surface area contributed by atoms with E-state index in [1.165, 1.54) is 16.8 Å². The first-order valence-electron chi connectivity index (χ1n) is 13.7. The highest BCUT2D eigenvalue weighted by Gasteiger charge is 2.25. The van der Waals surface area contributed by atoms with Crippen molar-refractivity contribution in [2.24, 2.45) is 5.92 Å². The topological polar surface area (TPSA) is 65.1 Å². The van der Waals surface area contributed by atoms with Gasteiger partial charge in [0.1, 0.15) is 0 Å². The van der Waals surface area contributed by atoms with Crippen LogP contribution in [0.5, 0.6) is 0 Å². The predicted octanol–water partition coefficient (Wildman–Crippen LogP) is 5.70. The molecule has 1 aromatic heterocycles. The zero-order valence-corrected chi connectivity index (χ0v) is 24.0. The zero-order valence-electron chi connectivity index (χ0n) is 24.0. The minimum absolute atomic E-state index is 0.275. The lowest BCUT2D eigenvalue weighted by Crippen LogP contribution is -2.45. The number of nitrogens with zero attached hydrogens (tertiary/aromatic N) is 3. The van der Waals surface area contributed by atoms with E-state index in [4.69, 9.17) is 9.97 Å². The summed E-state index contributed by atoms with van der Waals surface area (Å²) in [4.78, 5) is 12.3. The third kappa shape index (κ3) is 7.30. The number of benzene rings is 2. The van der Waals surface area contributed by atoms with Crippen LogP contribution in [-0.2, 0) is 12.8 Å². The Bertz CT molecular complexity index is 1160. The number of anilines is 2. The van der Waals surface area contributed by atoms with E-state index >= 15 is 0 Å². The molecular weight excluding hydrogens is 456 g/mol. The van der Waals surface area contributed by atoms with Crippen molar-refractivity contribution in [3.8, 4) is 0 Å². The fraction of sp³-hybridized carbons (Fsp3) is 0.484. The van der Waals surface area contributed by atoms with Crippen molar-refractivity contribution in [1.82, 2.24) is 25.9 Å². The van der Waals surface area contributed by atoms with Crippen molar-refractivity contribution in [2.45, 2.75) is 66.5 Å². The number of aromatic nitrogens is 2. The average Bonchev–Trinajstić information content (AvgIpc) is 2.89. The van der Waals surface area contributed by atoms with Gasteiger partial charge in [0.2, 0.25) is 0 Å². The van der Waals surface area contributed by atoms with Crippen LogP contribution in [0.2, 0.25) is 0 Å². The van der Waals surface area contributed by atoms with E-state index in [9.17, 15) is 0 Å². The number of likely N-dealkylation sites (N-methyl/N-ethyl adjacent to an activating group) is 1. The van der Waals surface area contributed by atoms with E-state index in [2.05, 4.69) is 98.8 Å². The first-order chi connectivity index (χ1) is 17.8. The molecule has 1 heterocycles. The Labute approximate surface area is 224 Å². The molecule has 0 saturated heterocycles. The fourth-order valence-electron chi connectivity index (χ4n) is 4.69. The summed E-state index contributed by atoms with van der Waals surface area (Å²) in [6, 6.07) is 14.3. The van der Waals surface area contributed by atoms with Gasteiger partial charge in [0.25, 0.3) is 0 Å². The van der Waals surface area contributed by atoms with Crippen LogP contribution >= 0.6 is 0 Å². The molecule has 0 radical (unpaired) electrons. The highest BCUT2D eigenvalue weighted by atomic mass is 15.2. The summed E-state index contributed by atoms with van der Waals surface area (Å²) in [7, 11) is 3.85. The van der Waals surface area contributed by atoms with E-state index < -0.39 is 0 Å². The smallest absolute Gasteiger partial charge is 0.0914 e. The standard InChI is InChI=1S/C31H46N6/c1-9-23-13-24(10-2)15-27(14-23)37(31(21(3)4)20-34-22(5)6)26-11-12-28-29(16-26)36-30(19-35-28)25(17-32-7)18-33-8/h11-17,19,21-22,31-34H,9-10,18,20H2,1-8H3/b25-17+. The molecule has 1 unspecified atom stereocenters. The van der Waals surface area contributed by atoms with E-state index in [0.717, 1.165) is 47.4 Å². The normalized spacial score (nSPS) is 13.0. The molecule has 0 bridgehead atoms. The molecule has 0 amide bonds. The summed E-state index contributed by atoms with van der Waals surface area (Å²) in [5, 5.41) is 10.1. The van der Waals surface area contributed by atoms with E-state index in [-0.39, 0.29) is 6.04 Å². The molecule has 1 atom stereocenters. The first kappa shape index (κ1) is 28.6. The lowest BCUT2D eigenvalue weighted by atomic mass is 9.98. The van der Waals surface area contributed by atoms with E-state index in [1.807, 2.05) is 26.5 Å². The molecular formula is C31H46N6. The Balaban J connectivity index is 2.19. The van der Waals surface area contributed by atoms with E-state index in [0.29, 0.717) is 18.5 Å². The van der Waals surface area contributed by atoms with Gasteiger partial charge in [0.05, 0.1) is 22.9 Å². The van der Waals surface area contributed by atoms with Crippen molar-refractivity contribution in [1.29, 1.82) is 0 Å². The third-order valence-electron chi connectivity index (χ3n) is 6.79. The summed E-state index contributed by atoms with van der Waals surface area (Å²) in [6.45, 7) is 15.1. The Kier molecular flexibility index (Phi) is 10.5. The zero-order chi connectivity index (χ0) is 26.9. The van der Waals surface area contributed by atoms with Gasteiger partial charge in [-0.1, -0.05) is 47.6 Å². The highest BCUT2D eigenvalue weighted by Crippen LogP contribution is 2.34. The second-order valence-electron chi connectivity index (χ2n) is 10.4. The van der Waals surface area contributed by atoms with Gasteiger partial charge < -0.3 is 20.9 Å². The maximum absolute atomic E-state index is 5.04. The van der Waals surface area contributed by atoms with Crippen LogP contribution in [0.15, 0.2) is 48.8 Å². The number of rotatable bonds is 13. The van der Waals surface area contributed by atoms with Crippen LogP contribution in [0, 0.1) is 5.92 Å². The van der Waals surface area contributed by atoms with Gasteiger partial charge in [0, 0.05) is 55.4 Å². The number of hydrogen-bond acceptors (Lipinski definition) is 6. The molecule has 0 fully saturated rings. The molecule has 2 aromatic carbocycles. The van der Waals surface area contributed by atoms with Crippen LogP contribution in [0.4, 0.5) is 11.4 Å². The van der Waals surface area contributed by atoms with Crippen molar-refractivity contribution < 1.29 is 0 Å². The maximum Gasteiger partial charge on any atom is 0.0914 e. The molecule has 0 aliphatic carbocycles. The van der Waals surface area contributed by atoms with Gasteiger partial charge in [-0.05, 0) is 67.3 Å². The largest absolute Gasteiger partial charge is 0.394 e.